The number of hydrogen-bond donors (Lipinski definition) is 2. The topological polar surface area (TPSA) is 139 Å². The van der Waals surface area contributed by atoms with Crippen LogP contribution in [-0.4, -0.2) is 58.1 Å². The molecule has 2 saturated heterocycles. The summed E-state index contributed by atoms with van der Waals surface area (Å²) in [5.41, 5.74) is 0.200. The van der Waals surface area contributed by atoms with Crippen LogP contribution in [0.5, 0.6) is 11.5 Å². The number of ketones is 1. The van der Waals surface area contributed by atoms with E-state index in [1.165, 1.54) is 48.4 Å². The Morgan fingerprint density at radius 1 is 1.24 bits per heavy atom. The van der Waals surface area contributed by atoms with E-state index >= 15 is 0 Å². The summed E-state index contributed by atoms with van der Waals surface area (Å²) < 4.78 is 10.7. The van der Waals surface area contributed by atoms with Crippen molar-refractivity contribution in [3.05, 3.63) is 69.3 Å². The maximum Gasteiger partial charge on any atom is 0.295 e. The highest BCUT2D eigenvalue weighted by Gasteiger charge is 2.47. The fraction of sp³-hybridized carbons (Fsp3) is 0.304. The Bertz CT molecular complexity index is 1140. The number of carbonyl (C=O) groups excluding carboxylic acids is 2. The van der Waals surface area contributed by atoms with Gasteiger partial charge in [-0.05, 0) is 42.7 Å². The van der Waals surface area contributed by atoms with Gasteiger partial charge in [0.1, 0.15) is 5.76 Å². The number of rotatable bonds is 6. The van der Waals surface area contributed by atoms with Gasteiger partial charge in [0.25, 0.3) is 17.4 Å². The van der Waals surface area contributed by atoms with Crippen LogP contribution < -0.4 is 4.74 Å². The minimum atomic E-state index is -0.985. The Hall–Kier alpha value is -3.92. The summed E-state index contributed by atoms with van der Waals surface area (Å²) in [7, 11) is 1.40. The van der Waals surface area contributed by atoms with Crippen LogP contribution in [0.2, 0.25) is 0 Å². The first-order valence-corrected chi connectivity index (χ1v) is 10.3. The third-order valence-corrected chi connectivity index (χ3v) is 5.83. The number of nitro groups is 1. The number of aliphatic hydroxyl groups excluding tert-OH is 1. The molecule has 2 aromatic rings. The molecule has 2 atom stereocenters. The van der Waals surface area contributed by atoms with Crippen molar-refractivity contribution < 1.29 is 34.2 Å². The summed E-state index contributed by atoms with van der Waals surface area (Å²) in [6.45, 7) is 0.699. The van der Waals surface area contributed by atoms with Gasteiger partial charge in [-0.2, -0.15) is 0 Å². The number of carbonyl (C=O) groups is 2. The number of aliphatic hydroxyl groups is 1. The molecule has 33 heavy (non-hydrogen) atoms. The van der Waals surface area contributed by atoms with Crippen LogP contribution in [-0.2, 0) is 14.3 Å². The maximum absolute atomic E-state index is 13.0. The molecular weight excluding hydrogens is 432 g/mol. The number of phenols is 1. The fourth-order valence-corrected chi connectivity index (χ4v) is 4.20. The van der Waals surface area contributed by atoms with Gasteiger partial charge < -0.3 is 24.6 Å². The average Bonchev–Trinajstić information content (AvgIpc) is 3.41. The number of nitro benzene ring substituents is 1. The monoisotopic (exact) mass is 454 g/mol. The van der Waals surface area contributed by atoms with Crippen LogP contribution in [0, 0.1) is 10.1 Å². The number of aromatic hydroxyl groups is 1. The van der Waals surface area contributed by atoms with Crippen molar-refractivity contribution in [3.63, 3.8) is 0 Å². The second kappa shape index (κ2) is 8.91. The third-order valence-electron chi connectivity index (χ3n) is 5.83. The lowest BCUT2D eigenvalue weighted by molar-refractivity contribution is -0.384. The zero-order valence-electron chi connectivity index (χ0n) is 17.8. The summed E-state index contributed by atoms with van der Waals surface area (Å²) in [5, 5.41) is 32.3. The number of benzene rings is 2. The lowest BCUT2D eigenvalue weighted by atomic mass is 9.94. The zero-order valence-corrected chi connectivity index (χ0v) is 17.8. The second-order valence-electron chi connectivity index (χ2n) is 7.82. The first-order chi connectivity index (χ1) is 15.8. The molecule has 0 spiro atoms. The van der Waals surface area contributed by atoms with E-state index in [4.69, 9.17) is 9.47 Å². The van der Waals surface area contributed by atoms with Crippen molar-refractivity contribution in [2.75, 3.05) is 20.3 Å². The van der Waals surface area contributed by atoms with Crippen molar-refractivity contribution in [1.82, 2.24) is 4.90 Å². The van der Waals surface area contributed by atoms with Crippen molar-refractivity contribution in [3.8, 4) is 11.5 Å². The average molecular weight is 454 g/mol. The minimum Gasteiger partial charge on any atom is -0.507 e. The number of phenolic OH excluding ortho intramolecular Hbond substituents is 1. The van der Waals surface area contributed by atoms with Gasteiger partial charge >= 0.3 is 0 Å². The number of Topliss-reactive ketones (excluding diaryl/α,β-unsaturated/α-hetero) is 1. The standard InChI is InChI=1S/C23H22N2O8/c1-32-18-9-6-14(11-17(18)26)20-19(21(27)13-4-7-15(8-5-13)25(30)31)22(28)23(29)24(20)12-16-3-2-10-33-16/h4-9,11,16,20,26-27H,2-3,10,12H2,1H3/b21-19-. The van der Waals surface area contributed by atoms with Gasteiger partial charge in [-0.15, -0.1) is 0 Å². The normalized spacial score (nSPS) is 22.0. The Labute approximate surface area is 188 Å². The first kappa shape index (κ1) is 22.3. The number of non-ortho nitro benzene ring substituents is 1. The van der Waals surface area contributed by atoms with E-state index in [9.17, 15) is 29.9 Å². The van der Waals surface area contributed by atoms with Crippen molar-refractivity contribution in [2.24, 2.45) is 0 Å². The first-order valence-electron chi connectivity index (χ1n) is 10.3. The van der Waals surface area contributed by atoms with Gasteiger partial charge in [0.2, 0.25) is 0 Å². The number of hydrogen-bond acceptors (Lipinski definition) is 8. The number of likely N-dealkylation sites (tertiary alicyclic amines) is 1. The molecule has 0 aromatic heterocycles. The van der Waals surface area contributed by atoms with Crippen molar-refractivity contribution in [2.45, 2.75) is 25.0 Å². The van der Waals surface area contributed by atoms with Crippen molar-refractivity contribution in [1.29, 1.82) is 0 Å². The summed E-state index contributed by atoms with van der Waals surface area (Å²) in [6, 6.07) is 8.51. The lowest BCUT2D eigenvalue weighted by Crippen LogP contribution is -2.36. The zero-order chi connectivity index (χ0) is 23.7. The van der Waals surface area contributed by atoms with Gasteiger partial charge in [-0.1, -0.05) is 6.07 Å². The summed E-state index contributed by atoms with van der Waals surface area (Å²) in [5.74, 6) is -2.12. The van der Waals surface area contributed by atoms with Crippen LogP contribution in [0.4, 0.5) is 5.69 Å². The Morgan fingerprint density at radius 2 is 1.97 bits per heavy atom. The van der Waals surface area contributed by atoms with Gasteiger partial charge in [-0.25, -0.2) is 0 Å². The fourth-order valence-electron chi connectivity index (χ4n) is 4.20. The molecule has 2 N–H and O–H groups in total. The third kappa shape index (κ3) is 4.12. The number of ether oxygens (including phenoxy) is 2. The molecule has 172 valence electrons. The number of nitrogens with zero attached hydrogens (tertiary/aromatic N) is 2. The van der Waals surface area contributed by atoms with Crippen LogP contribution in [0.1, 0.15) is 30.0 Å². The highest BCUT2D eigenvalue weighted by Crippen LogP contribution is 2.42. The SMILES string of the molecule is COc1ccc(C2/C(=C(/O)c3ccc([N+](=O)[O-])cc3)C(=O)C(=O)N2CC2CCCO2)cc1O. The van der Waals surface area contributed by atoms with Gasteiger partial charge in [0.15, 0.2) is 11.5 Å². The molecule has 0 saturated carbocycles. The largest absolute Gasteiger partial charge is 0.507 e. The molecular formula is C23H22N2O8. The molecule has 4 rings (SSSR count). The Balaban J connectivity index is 1.82. The summed E-state index contributed by atoms with van der Waals surface area (Å²) in [4.78, 5) is 37.7. The van der Waals surface area contributed by atoms with Gasteiger partial charge in [-0.3, -0.25) is 19.7 Å². The summed E-state index contributed by atoms with van der Waals surface area (Å²) >= 11 is 0. The van der Waals surface area contributed by atoms with E-state index in [1.54, 1.807) is 6.07 Å². The van der Waals surface area contributed by atoms with Gasteiger partial charge in [0.05, 0.1) is 29.8 Å². The number of amides is 1. The molecule has 2 aliphatic rings. The van der Waals surface area contributed by atoms with Gasteiger partial charge in [0, 0.05) is 30.8 Å². The van der Waals surface area contributed by atoms with Crippen LogP contribution in [0.25, 0.3) is 5.76 Å². The molecule has 0 radical (unpaired) electrons. The van der Waals surface area contributed by atoms with Crippen LogP contribution in [0.3, 0.4) is 0 Å². The highest BCUT2D eigenvalue weighted by molar-refractivity contribution is 6.46. The summed E-state index contributed by atoms with van der Waals surface area (Å²) in [6.07, 6.45) is 1.31. The lowest BCUT2D eigenvalue weighted by Gasteiger charge is -2.27. The predicted molar refractivity (Wildman–Crippen MR) is 116 cm³/mol. The highest BCUT2D eigenvalue weighted by atomic mass is 16.6. The van der Waals surface area contributed by atoms with E-state index < -0.39 is 28.4 Å². The Kier molecular flexibility index (Phi) is 6.01. The number of methoxy groups -OCH3 is 1. The van der Waals surface area contributed by atoms with E-state index in [0.29, 0.717) is 12.2 Å². The molecule has 0 bridgehead atoms. The maximum atomic E-state index is 13.0. The molecule has 2 aliphatic heterocycles. The molecule has 2 aromatic carbocycles. The second-order valence-corrected chi connectivity index (χ2v) is 7.82. The van der Waals surface area contributed by atoms with E-state index in [2.05, 4.69) is 0 Å². The van der Waals surface area contributed by atoms with E-state index in [0.717, 1.165) is 12.8 Å². The predicted octanol–water partition coefficient (Wildman–Crippen LogP) is 2.91. The minimum absolute atomic E-state index is 0.138. The molecule has 2 heterocycles. The molecule has 1 amide bonds. The molecule has 10 nitrogen and oxygen atoms in total. The molecule has 0 aliphatic carbocycles. The molecule has 10 heteroatoms. The van der Waals surface area contributed by atoms with Crippen LogP contribution >= 0.6 is 0 Å². The van der Waals surface area contributed by atoms with E-state index in [1.807, 2.05) is 0 Å². The van der Waals surface area contributed by atoms with E-state index in [-0.39, 0.29) is 41.0 Å². The quantitative estimate of drug-likeness (QED) is 0.223. The molecule has 2 unspecified atom stereocenters. The Morgan fingerprint density at radius 3 is 2.55 bits per heavy atom. The van der Waals surface area contributed by atoms with Crippen molar-refractivity contribution >= 4 is 23.1 Å². The molecule has 2 fully saturated rings. The smallest absolute Gasteiger partial charge is 0.295 e. The van der Waals surface area contributed by atoms with Crippen LogP contribution in [0.15, 0.2) is 48.0 Å².